The summed E-state index contributed by atoms with van der Waals surface area (Å²) in [4.78, 5) is 18.5. The maximum absolute atomic E-state index is 10.3. The van der Waals surface area contributed by atoms with Gasteiger partial charge in [-0.15, -0.1) is 0 Å². The first-order valence-electron chi connectivity index (χ1n) is 4.53. The Kier molecular flexibility index (Phi) is 2.87. The highest BCUT2D eigenvalue weighted by Crippen LogP contribution is 2.15. The summed E-state index contributed by atoms with van der Waals surface area (Å²) in [5.74, 6) is 0. The normalized spacial score (nSPS) is 10.3. The Morgan fingerprint density at radius 1 is 1.50 bits per heavy atom. The minimum atomic E-state index is -1.08. The molecule has 0 aromatic carbocycles. The summed E-state index contributed by atoms with van der Waals surface area (Å²) in [6, 6.07) is 5.20. The van der Waals surface area contributed by atoms with Crippen LogP contribution in [0.2, 0.25) is 5.15 Å². The van der Waals surface area contributed by atoms with E-state index in [2.05, 4.69) is 15.3 Å². The number of rotatable bonds is 2. The summed E-state index contributed by atoms with van der Waals surface area (Å²) in [7, 11) is 0. The molecule has 0 saturated heterocycles. The van der Waals surface area contributed by atoms with Crippen LogP contribution < -0.4 is 5.32 Å². The van der Waals surface area contributed by atoms with E-state index in [1.54, 1.807) is 18.3 Å². The van der Waals surface area contributed by atoms with Crippen LogP contribution in [0.5, 0.6) is 0 Å². The van der Waals surface area contributed by atoms with Gasteiger partial charge in [-0.2, -0.15) is 0 Å². The van der Waals surface area contributed by atoms with Crippen LogP contribution in [-0.4, -0.2) is 21.2 Å². The Labute approximate surface area is 96.1 Å². The van der Waals surface area contributed by atoms with E-state index in [0.717, 1.165) is 5.39 Å². The number of halogens is 1. The third-order valence-electron chi connectivity index (χ3n) is 2.02. The van der Waals surface area contributed by atoms with Gasteiger partial charge >= 0.3 is 6.09 Å². The molecule has 2 aromatic heterocycles. The van der Waals surface area contributed by atoms with Gasteiger partial charge in [0, 0.05) is 11.6 Å². The fourth-order valence-electron chi connectivity index (χ4n) is 1.30. The predicted octanol–water partition coefficient (Wildman–Crippen LogP) is 2.05. The molecule has 2 aromatic rings. The highest BCUT2D eigenvalue weighted by molar-refractivity contribution is 6.29. The number of nitrogens with one attached hydrogen (secondary N) is 1. The number of pyridine rings is 2. The molecule has 2 N–H and O–H groups in total. The van der Waals surface area contributed by atoms with Crippen LogP contribution >= 0.6 is 11.6 Å². The first-order valence-corrected chi connectivity index (χ1v) is 4.91. The molecule has 16 heavy (non-hydrogen) atoms. The minimum absolute atomic E-state index is 0.152. The van der Waals surface area contributed by atoms with Gasteiger partial charge in [-0.1, -0.05) is 11.6 Å². The van der Waals surface area contributed by atoms with Crippen LogP contribution in [0.1, 0.15) is 5.69 Å². The molecule has 2 heterocycles. The molecule has 82 valence electrons. The standard InChI is InChI=1S/C10H8ClN3O2/c11-9-2-1-6-4-12-7(3-8(6)14-9)5-13-10(15)16/h1-4,13H,5H2,(H,15,16). The lowest BCUT2D eigenvalue weighted by Gasteiger charge is -2.02. The molecular formula is C10H8ClN3O2. The van der Waals surface area contributed by atoms with Crippen molar-refractivity contribution in [2.24, 2.45) is 0 Å². The van der Waals surface area contributed by atoms with E-state index >= 15 is 0 Å². The average molecular weight is 238 g/mol. The molecule has 5 nitrogen and oxygen atoms in total. The smallest absolute Gasteiger partial charge is 0.404 e. The second kappa shape index (κ2) is 4.32. The fraction of sp³-hybridized carbons (Fsp3) is 0.100. The maximum atomic E-state index is 10.3. The van der Waals surface area contributed by atoms with Gasteiger partial charge in [0.25, 0.3) is 0 Å². The molecule has 0 aliphatic rings. The van der Waals surface area contributed by atoms with Crippen molar-refractivity contribution in [2.75, 3.05) is 0 Å². The summed E-state index contributed by atoms with van der Waals surface area (Å²) in [6.45, 7) is 0.152. The van der Waals surface area contributed by atoms with E-state index in [1.807, 2.05) is 6.07 Å². The van der Waals surface area contributed by atoms with Gasteiger partial charge in [-0.3, -0.25) is 4.98 Å². The van der Waals surface area contributed by atoms with Gasteiger partial charge in [-0.05, 0) is 18.2 Å². The molecular weight excluding hydrogens is 230 g/mol. The highest BCUT2D eigenvalue weighted by Gasteiger charge is 2.01. The second-order valence-electron chi connectivity index (χ2n) is 3.16. The third kappa shape index (κ3) is 2.38. The Morgan fingerprint density at radius 3 is 3.06 bits per heavy atom. The van der Waals surface area contributed by atoms with E-state index in [0.29, 0.717) is 16.4 Å². The maximum Gasteiger partial charge on any atom is 0.404 e. The van der Waals surface area contributed by atoms with Gasteiger partial charge < -0.3 is 10.4 Å². The van der Waals surface area contributed by atoms with E-state index in [9.17, 15) is 4.79 Å². The Hall–Kier alpha value is -1.88. The number of amides is 1. The monoisotopic (exact) mass is 237 g/mol. The number of carboxylic acid groups (broad SMARTS) is 1. The largest absolute Gasteiger partial charge is 0.465 e. The molecule has 0 unspecified atom stereocenters. The van der Waals surface area contributed by atoms with E-state index < -0.39 is 6.09 Å². The van der Waals surface area contributed by atoms with E-state index in [1.165, 1.54) is 0 Å². The van der Waals surface area contributed by atoms with Crippen LogP contribution in [0.15, 0.2) is 24.4 Å². The zero-order valence-corrected chi connectivity index (χ0v) is 8.90. The first-order chi connectivity index (χ1) is 7.65. The topological polar surface area (TPSA) is 75.1 Å². The first kappa shape index (κ1) is 10.6. The molecule has 2 rings (SSSR count). The predicted molar refractivity (Wildman–Crippen MR) is 59.4 cm³/mol. The third-order valence-corrected chi connectivity index (χ3v) is 2.23. The van der Waals surface area contributed by atoms with Crippen molar-refractivity contribution in [3.05, 3.63) is 35.2 Å². The van der Waals surface area contributed by atoms with Gasteiger partial charge in [0.1, 0.15) is 5.15 Å². The van der Waals surface area contributed by atoms with Crippen molar-refractivity contribution in [2.45, 2.75) is 6.54 Å². The lowest BCUT2D eigenvalue weighted by Crippen LogP contribution is -2.20. The molecule has 0 aliphatic carbocycles. The van der Waals surface area contributed by atoms with Crippen molar-refractivity contribution in [3.8, 4) is 0 Å². The molecule has 0 saturated carbocycles. The molecule has 1 amide bonds. The van der Waals surface area contributed by atoms with Crippen LogP contribution in [0.4, 0.5) is 4.79 Å². The van der Waals surface area contributed by atoms with E-state index in [4.69, 9.17) is 16.7 Å². The summed E-state index contributed by atoms with van der Waals surface area (Å²) < 4.78 is 0. The molecule has 0 spiro atoms. The summed E-state index contributed by atoms with van der Waals surface area (Å²) in [5.41, 5.74) is 1.30. The van der Waals surface area contributed by atoms with Crippen molar-refractivity contribution >= 4 is 28.6 Å². The molecule has 0 atom stereocenters. The van der Waals surface area contributed by atoms with Crippen LogP contribution in [0.3, 0.4) is 0 Å². The summed E-state index contributed by atoms with van der Waals surface area (Å²) in [6.07, 6.45) is 0.554. The minimum Gasteiger partial charge on any atom is -0.465 e. The molecule has 6 heteroatoms. The number of hydrogen-bond donors (Lipinski definition) is 2. The molecule has 0 radical (unpaired) electrons. The van der Waals surface area contributed by atoms with Crippen molar-refractivity contribution < 1.29 is 9.90 Å². The van der Waals surface area contributed by atoms with Gasteiger partial charge in [0.05, 0.1) is 17.8 Å². The Balaban J connectivity index is 2.31. The number of fused-ring (bicyclic) bond motifs is 1. The summed E-state index contributed by atoms with van der Waals surface area (Å²) >= 11 is 5.76. The Bertz CT molecular complexity index is 545. The van der Waals surface area contributed by atoms with Crippen molar-refractivity contribution in [1.82, 2.24) is 15.3 Å². The van der Waals surface area contributed by atoms with Crippen LogP contribution in [-0.2, 0) is 6.54 Å². The van der Waals surface area contributed by atoms with Crippen molar-refractivity contribution in [1.29, 1.82) is 0 Å². The van der Waals surface area contributed by atoms with E-state index in [-0.39, 0.29) is 6.54 Å². The zero-order chi connectivity index (χ0) is 11.5. The number of aromatic nitrogens is 2. The molecule has 0 aliphatic heterocycles. The van der Waals surface area contributed by atoms with Gasteiger partial charge in [0.2, 0.25) is 0 Å². The van der Waals surface area contributed by atoms with Crippen LogP contribution in [0.25, 0.3) is 10.9 Å². The lowest BCUT2D eigenvalue weighted by atomic mass is 10.2. The van der Waals surface area contributed by atoms with Crippen LogP contribution in [0, 0.1) is 0 Å². The number of nitrogens with zero attached hydrogens (tertiary/aromatic N) is 2. The lowest BCUT2D eigenvalue weighted by molar-refractivity contribution is 0.194. The molecule has 0 bridgehead atoms. The Morgan fingerprint density at radius 2 is 2.31 bits per heavy atom. The second-order valence-corrected chi connectivity index (χ2v) is 3.55. The fourth-order valence-corrected chi connectivity index (χ4v) is 1.45. The molecule has 0 fully saturated rings. The number of carbonyl (C=O) groups is 1. The van der Waals surface area contributed by atoms with Gasteiger partial charge in [-0.25, -0.2) is 9.78 Å². The number of hydrogen-bond acceptors (Lipinski definition) is 3. The highest BCUT2D eigenvalue weighted by atomic mass is 35.5. The quantitative estimate of drug-likeness (QED) is 0.784. The zero-order valence-electron chi connectivity index (χ0n) is 8.14. The average Bonchev–Trinajstić information content (AvgIpc) is 2.25. The SMILES string of the molecule is O=C(O)NCc1cc2nc(Cl)ccc2cn1. The van der Waals surface area contributed by atoms with Crippen molar-refractivity contribution in [3.63, 3.8) is 0 Å². The summed E-state index contributed by atoms with van der Waals surface area (Å²) in [5, 5.41) is 12.0. The van der Waals surface area contributed by atoms with Gasteiger partial charge in [0.15, 0.2) is 0 Å².